The van der Waals surface area contributed by atoms with E-state index in [9.17, 15) is 18.3 Å². The quantitative estimate of drug-likeness (QED) is 0.481. The Morgan fingerprint density at radius 1 is 0.933 bits per heavy atom. The summed E-state index contributed by atoms with van der Waals surface area (Å²) in [6, 6.07) is 13.9. The minimum atomic E-state index is -3.94. The van der Waals surface area contributed by atoms with E-state index in [1.807, 2.05) is 19.9 Å². The van der Waals surface area contributed by atoms with Gasteiger partial charge in [0, 0.05) is 5.69 Å². The molecule has 0 radical (unpaired) electrons. The normalized spacial score (nSPS) is 11.2. The summed E-state index contributed by atoms with van der Waals surface area (Å²) in [5, 5.41) is 12.6. The molecular formula is C22H21ClN2O4S. The summed E-state index contributed by atoms with van der Waals surface area (Å²) < 4.78 is 28.1. The van der Waals surface area contributed by atoms with E-state index >= 15 is 0 Å². The maximum absolute atomic E-state index is 12.8. The molecule has 0 saturated carbocycles. The van der Waals surface area contributed by atoms with Crippen molar-refractivity contribution in [3.05, 3.63) is 81.9 Å². The Labute approximate surface area is 180 Å². The highest BCUT2D eigenvalue weighted by molar-refractivity contribution is 7.92. The predicted molar refractivity (Wildman–Crippen MR) is 119 cm³/mol. The molecule has 0 saturated heterocycles. The van der Waals surface area contributed by atoms with Gasteiger partial charge in [0.2, 0.25) is 0 Å². The van der Waals surface area contributed by atoms with Gasteiger partial charge in [-0.15, -0.1) is 0 Å². The van der Waals surface area contributed by atoms with Crippen LogP contribution in [0.4, 0.5) is 11.4 Å². The number of carbonyl (C=O) groups excluding carboxylic acids is 1. The van der Waals surface area contributed by atoms with Gasteiger partial charge in [-0.2, -0.15) is 0 Å². The molecule has 3 aromatic carbocycles. The van der Waals surface area contributed by atoms with Crippen LogP contribution in [-0.4, -0.2) is 19.4 Å². The van der Waals surface area contributed by atoms with E-state index in [2.05, 4.69) is 10.0 Å². The van der Waals surface area contributed by atoms with Gasteiger partial charge in [-0.3, -0.25) is 9.52 Å². The number of hydrogen-bond acceptors (Lipinski definition) is 4. The summed E-state index contributed by atoms with van der Waals surface area (Å²) in [6.45, 7) is 5.63. The van der Waals surface area contributed by atoms with Crippen LogP contribution in [0.1, 0.15) is 27.0 Å². The molecule has 0 heterocycles. The van der Waals surface area contributed by atoms with Gasteiger partial charge in [0.25, 0.3) is 15.9 Å². The number of rotatable bonds is 5. The van der Waals surface area contributed by atoms with Gasteiger partial charge in [-0.25, -0.2) is 8.42 Å². The standard InChI is InChI=1S/C22H21ClN2O4S/c1-13-4-9-20(21(26)10-13)24-22(27)18-12-17(7-8-19(18)23)30(28,29)25-16-6-5-14(2)15(3)11-16/h4-12,25-26H,1-3H3,(H,24,27). The number of carbonyl (C=O) groups is 1. The summed E-state index contributed by atoms with van der Waals surface area (Å²) in [6.07, 6.45) is 0. The average molecular weight is 445 g/mol. The Kier molecular flexibility index (Phi) is 6.05. The number of aryl methyl sites for hydroxylation is 3. The number of halogens is 1. The predicted octanol–water partition coefficient (Wildman–Crippen LogP) is 5.02. The first-order valence-corrected chi connectivity index (χ1v) is 10.9. The van der Waals surface area contributed by atoms with Crippen molar-refractivity contribution in [2.45, 2.75) is 25.7 Å². The first-order valence-electron chi connectivity index (χ1n) is 9.07. The fourth-order valence-electron chi connectivity index (χ4n) is 2.80. The topological polar surface area (TPSA) is 95.5 Å². The Hall–Kier alpha value is -3.03. The van der Waals surface area contributed by atoms with Gasteiger partial charge in [0.15, 0.2) is 0 Å². The van der Waals surface area contributed by atoms with Gasteiger partial charge in [-0.05, 0) is 79.9 Å². The highest BCUT2D eigenvalue weighted by Gasteiger charge is 2.20. The highest BCUT2D eigenvalue weighted by Crippen LogP contribution is 2.27. The van der Waals surface area contributed by atoms with Crippen molar-refractivity contribution < 1.29 is 18.3 Å². The van der Waals surface area contributed by atoms with E-state index in [-0.39, 0.29) is 26.9 Å². The Morgan fingerprint density at radius 3 is 2.33 bits per heavy atom. The minimum absolute atomic E-state index is 0.0281. The Balaban J connectivity index is 1.89. The lowest BCUT2D eigenvalue weighted by Gasteiger charge is -2.12. The van der Waals surface area contributed by atoms with E-state index in [1.165, 1.54) is 24.3 Å². The molecule has 0 unspecified atom stereocenters. The second-order valence-electron chi connectivity index (χ2n) is 7.02. The van der Waals surface area contributed by atoms with E-state index < -0.39 is 15.9 Å². The molecule has 3 aromatic rings. The van der Waals surface area contributed by atoms with E-state index in [4.69, 9.17) is 11.6 Å². The molecule has 0 spiro atoms. The summed E-state index contributed by atoms with van der Waals surface area (Å²) in [5.74, 6) is -0.734. The molecule has 0 aliphatic rings. The van der Waals surface area contributed by atoms with Crippen LogP contribution in [0.25, 0.3) is 0 Å². The SMILES string of the molecule is Cc1ccc(NC(=O)c2cc(S(=O)(=O)Nc3ccc(C)c(C)c3)ccc2Cl)c(O)c1. The number of aromatic hydroxyl groups is 1. The summed E-state index contributed by atoms with van der Waals surface area (Å²) in [7, 11) is -3.94. The van der Waals surface area contributed by atoms with E-state index in [0.29, 0.717) is 5.69 Å². The monoisotopic (exact) mass is 444 g/mol. The molecule has 3 rings (SSSR count). The Bertz CT molecular complexity index is 1240. The van der Waals surface area contributed by atoms with Gasteiger partial charge in [-0.1, -0.05) is 23.7 Å². The first kappa shape index (κ1) is 21.7. The molecule has 8 heteroatoms. The summed E-state index contributed by atoms with van der Waals surface area (Å²) in [5.41, 5.74) is 3.41. The number of phenols is 1. The summed E-state index contributed by atoms with van der Waals surface area (Å²) >= 11 is 6.13. The van der Waals surface area contributed by atoms with Crippen LogP contribution in [0, 0.1) is 20.8 Å². The minimum Gasteiger partial charge on any atom is -0.506 e. The smallest absolute Gasteiger partial charge is 0.261 e. The van der Waals surface area contributed by atoms with E-state index in [0.717, 1.165) is 16.7 Å². The van der Waals surface area contributed by atoms with Crippen LogP contribution in [0.15, 0.2) is 59.5 Å². The lowest BCUT2D eigenvalue weighted by Crippen LogP contribution is -2.16. The van der Waals surface area contributed by atoms with Gasteiger partial charge >= 0.3 is 0 Å². The zero-order valence-corrected chi connectivity index (χ0v) is 18.2. The number of benzene rings is 3. The molecule has 0 aliphatic carbocycles. The van der Waals surface area contributed by atoms with Crippen LogP contribution in [0.5, 0.6) is 5.75 Å². The van der Waals surface area contributed by atoms with Crippen LogP contribution < -0.4 is 10.0 Å². The van der Waals surface area contributed by atoms with Crippen LogP contribution in [0.3, 0.4) is 0 Å². The third-order valence-corrected chi connectivity index (χ3v) is 6.36. The molecule has 3 N–H and O–H groups in total. The van der Waals surface area contributed by atoms with Crippen molar-refractivity contribution in [1.82, 2.24) is 0 Å². The van der Waals surface area contributed by atoms with Crippen LogP contribution >= 0.6 is 11.6 Å². The number of anilines is 2. The number of nitrogens with one attached hydrogen (secondary N) is 2. The van der Waals surface area contributed by atoms with Crippen molar-refractivity contribution in [1.29, 1.82) is 0 Å². The zero-order chi connectivity index (χ0) is 22.1. The number of hydrogen-bond donors (Lipinski definition) is 3. The zero-order valence-electron chi connectivity index (χ0n) is 16.7. The first-order chi connectivity index (χ1) is 14.1. The molecule has 0 aromatic heterocycles. The van der Waals surface area contributed by atoms with Gasteiger partial charge in [0.1, 0.15) is 5.75 Å². The fourth-order valence-corrected chi connectivity index (χ4v) is 4.08. The van der Waals surface area contributed by atoms with Crippen LogP contribution in [0.2, 0.25) is 5.02 Å². The third-order valence-electron chi connectivity index (χ3n) is 4.65. The third kappa shape index (κ3) is 4.75. The molecule has 0 aliphatic heterocycles. The molecule has 0 bridgehead atoms. The maximum atomic E-state index is 12.8. The average Bonchev–Trinajstić information content (AvgIpc) is 2.67. The molecule has 30 heavy (non-hydrogen) atoms. The van der Waals surface area contributed by atoms with Crippen LogP contribution in [-0.2, 0) is 10.0 Å². The highest BCUT2D eigenvalue weighted by atomic mass is 35.5. The maximum Gasteiger partial charge on any atom is 0.261 e. The lowest BCUT2D eigenvalue weighted by atomic mass is 10.1. The lowest BCUT2D eigenvalue weighted by molar-refractivity contribution is 0.102. The summed E-state index contributed by atoms with van der Waals surface area (Å²) in [4.78, 5) is 12.6. The van der Waals surface area contributed by atoms with Gasteiger partial charge in [0.05, 0.1) is 21.2 Å². The largest absolute Gasteiger partial charge is 0.506 e. The van der Waals surface area contributed by atoms with Gasteiger partial charge < -0.3 is 10.4 Å². The molecule has 0 atom stereocenters. The number of phenolic OH excluding ortho intramolecular Hbond substituents is 1. The molecular weight excluding hydrogens is 424 g/mol. The van der Waals surface area contributed by atoms with Crippen molar-refractivity contribution in [2.75, 3.05) is 10.0 Å². The molecule has 1 amide bonds. The number of amides is 1. The van der Waals surface area contributed by atoms with Crippen molar-refractivity contribution in [3.63, 3.8) is 0 Å². The number of sulfonamides is 1. The van der Waals surface area contributed by atoms with E-state index in [1.54, 1.807) is 31.2 Å². The fraction of sp³-hybridized carbons (Fsp3) is 0.136. The molecule has 0 fully saturated rings. The second-order valence-corrected chi connectivity index (χ2v) is 9.11. The van der Waals surface area contributed by atoms with Crippen molar-refractivity contribution in [3.8, 4) is 5.75 Å². The van der Waals surface area contributed by atoms with Crippen molar-refractivity contribution in [2.24, 2.45) is 0 Å². The second kappa shape index (κ2) is 8.38. The Morgan fingerprint density at radius 2 is 1.67 bits per heavy atom. The van der Waals surface area contributed by atoms with Crippen molar-refractivity contribution >= 4 is 38.9 Å². The molecule has 6 nitrogen and oxygen atoms in total. The molecule has 156 valence electrons.